The van der Waals surface area contributed by atoms with Crippen LogP contribution in [0.2, 0.25) is 0 Å². The van der Waals surface area contributed by atoms with Crippen LogP contribution in [0.4, 0.5) is 11.5 Å². The van der Waals surface area contributed by atoms with E-state index in [0.717, 1.165) is 22.7 Å². The number of pyridine rings is 1. The molecule has 4 nitrogen and oxygen atoms in total. The van der Waals surface area contributed by atoms with E-state index in [2.05, 4.69) is 15.6 Å². The van der Waals surface area contributed by atoms with Gasteiger partial charge in [0.2, 0.25) is 0 Å². The van der Waals surface area contributed by atoms with Gasteiger partial charge in [-0.2, -0.15) is 0 Å². The van der Waals surface area contributed by atoms with Crippen molar-refractivity contribution in [2.24, 2.45) is 0 Å². The van der Waals surface area contributed by atoms with Crippen molar-refractivity contribution in [1.82, 2.24) is 4.98 Å². The molecule has 0 fully saturated rings. The van der Waals surface area contributed by atoms with Gasteiger partial charge < -0.3 is 10.6 Å². The van der Waals surface area contributed by atoms with E-state index in [4.69, 9.17) is 0 Å². The molecule has 110 valence electrons. The molecule has 21 heavy (non-hydrogen) atoms. The van der Waals surface area contributed by atoms with E-state index in [1.807, 2.05) is 43.5 Å². The van der Waals surface area contributed by atoms with Crippen LogP contribution in [0, 0.1) is 0 Å². The number of nitrogens with one attached hydrogen (secondary N) is 2. The summed E-state index contributed by atoms with van der Waals surface area (Å²) < 4.78 is 0. The Morgan fingerprint density at radius 2 is 2.10 bits per heavy atom. The molecule has 0 aliphatic rings. The predicted octanol–water partition coefficient (Wildman–Crippen LogP) is 3.66. The van der Waals surface area contributed by atoms with Crippen molar-refractivity contribution in [1.29, 1.82) is 0 Å². The van der Waals surface area contributed by atoms with Gasteiger partial charge in [-0.25, -0.2) is 4.98 Å². The van der Waals surface area contributed by atoms with Gasteiger partial charge in [0.1, 0.15) is 5.82 Å². The van der Waals surface area contributed by atoms with E-state index in [1.165, 1.54) is 0 Å². The number of benzene rings is 1. The summed E-state index contributed by atoms with van der Waals surface area (Å²) in [6.07, 6.45) is 2.80. The molecule has 5 heteroatoms. The molecule has 0 aliphatic carbocycles. The Balaban J connectivity index is 2.23. The van der Waals surface area contributed by atoms with Crippen LogP contribution in [-0.2, 0) is 6.42 Å². The van der Waals surface area contributed by atoms with E-state index in [0.29, 0.717) is 11.4 Å². The number of nitrogens with zero attached hydrogens (tertiary/aromatic N) is 1. The zero-order chi connectivity index (χ0) is 15.2. The molecule has 2 rings (SSSR count). The van der Waals surface area contributed by atoms with Crippen LogP contribution in [0.5, 0.6) is 0 Å². The number of carbonyl (C=O) groups excluding carboxylic acids is 1. The lowest BCUT2D eigenvalue weighted by Crippen LogP contribution is -2.13. The molecular formula is C16H19N3OS. The van der Waals surface area contributed by atoms with Crippen LogP contribution >= 0.6 is 11.8 Å². The predicted molar refractivity (Wildman–Crippen MR) is 89.3 cm³/mol. The highest BCUT2D eigenvalue weighted by atomic mass is 32.2. The van der Waals surface area contributed by atoms with Crippen LogP contribution in [0.15, 0.2) is 41.3 Å². The van der Waals surface area contributed by atoms with Crippen molar-refractivity contribution in [3.05, 3.63) is 47.7 Å². The monoisotopic (exact) mass is 301 g/mol. The van der Waals surface area contributed by atoms with Crippen LogP contribution in [-0.4, -0.2) is 24.2 Å². The fourth-order valence-corrected chi connectivity index (χ4v) is 2.39. The Labute approximate surface area is 129 Å². The first-order valence-corrected chi connectivity index (χ1v) is 8.03. The second-order valence-corrected chi connectivity index (χ2v) is 5.40. The molecule has 0 aliphatic heterocycles. The fraction of sp³-hybridized carbons (Fsp3) is 0.250. The summed E-state index contributed by atoms with van der Waals surface area (Å²) in [5, 5.41) is 5.91. The van der Waals surface area contributed by atoms with E-state index < -0.39 is 0 Å². The average molecular weight is 301 g/mol. The topological polar surface area (TPSA) is 54.0 Å². The zero-order valence-electron chi connectivity index (χ0n) is 12.4. The summed E-state index contributed by atoms with van der Waals surface area (Å²) in [5.74, 6) is 0.583. The van der Waals surface area contributed by atoms with E-state index in [-0.39, 0.29) is 5.91 Å². The van der Waals surface area contributed by atoms with Gasteiger partial charge >= 0.3 is 0 Å². The van der Waals surface area contributed by atoms with Crippen LogP contribution in [0.25, 0.3) is 0 Å². The van der Waals surface area contributed by atoms with Crippen molar-refractivity contribution in [2.75, 3.05) is 23.9 Å². The molecule has 0 saturated heterocycles. The second-order valence-electron chi connectivity index (χ2n) is 4.52. The number of amides is 1. The highest BCUT2D eigenvalue weighted by Crippen LogP contribution is 2.20. The molecular weight excluding hydrogens is 282 g/mol. The number of hydrogen-bond acceptors (Lipinski definition) is 4. The molecule has 2 N–H and O–H groups in total. The number of thioether (sulfide) groups is 1. The molecule has 1 aromatic heterocycles. The Morgan fingerprint density at radius 3 is 2.76 bits per heavy atom. The summed E-state index contributed by atoms with van der Waals surface area (Å²) in [5.41, 5.74) is 2.30. The summed E-state index contributed by atoms with van der Waals surface area (Å²) in [6, 6.07) is 11.4. The highest BCUT2D eigenvalue weighted by molar-refractivity contribution is 7.98. The number of anilines is 2. The number of aryl methyl sites for hydroxylation is 1. The minimum absolute atomic E-state index is 0.123. The molecule has 2 aromatic rings. The van der Waals surface area contributed by atoms with Crippen molar-refractivity contribution < 1.29 is 4.79 Å². The quantitative estimate of drug-likeness (QED) is 0.828. The SMILES string of the molecule is CCc1cc(C(=O)Nc2cccc(SC)c2)cc(NC)n1. The van der Waals surface area contributed by atoms with Gasteiger partial charge in [-0.3, -0.25) is 4.79 Å². The van der Waals surface area contributed by atoms with Crippen LogP contribution < -0.4 is 10.6 Å². The molecule has 0 radical (unpaired) electrons. The molecule has 1 aromatic carbocycles. The fourth-order valence-electron chi connectivity index (χ4n) is 1.93. The standard InChI is InChI=1S/C16H19N3OS/c1-4-12-8-11(9-15(17-2)18-12)16(20)19-13-6-5-7-14(10-13)21-3/h5-10H,4H2,1-3H3,(H,17,18)(H,19,20). The Bertz CT molecular complexity index is 621. The molecule has 0 atom stereocenters. The summed E-state index contributed by atoms with van der Waals surface area (Å²) in [7, 11) is 1.80. The Morgan fingerprint density at radius 1 is 1.29 bits per heavy atom. The van der Waals surface area contributed by atoms with Gasteiger partial charge in [-0.15, -0.1) is 11.8 Å². The lowest BCUT2D eigenvalue weighted by atomic mass is 10.1. The van der Waals surface area contributed by atoms with E-state index in [9.17, 15) is 4.79 Å². The van der Waals surface area contributed by atoms with Gasteiger partial charge in [0.15, 0.2) is 0 Å². The minimum atomic E-state index is -0.123. The molecule has 0 spiro atoms. The van der Waals surface area contributed by atoms with Crippen LogP contribution in [0.3, 0.4) is 0 Å². The van der Waals surface area contributed by atoms with Crippen molar-refractivity contribution in [2.45, 2.75) is 18.2 Å². The maximum atomic E-state index is 12.4. The summed E-state index contributed by atoms with van der Waals surface area (Å²) >= 11 is 1.65. The Hall–Kier alpha value is -2.01. The number of hydrogen-bond donors (Lipinski definition) is 2. The third-order valence-electron chi connectivity index (χ3n) is 3.09. The lowest BCUT2D eigenvalue weighted by molar-refractivity contribution is 0.102. The zero-order valence-corrected chi connectivity index (χ0v) is 13.3. The first kappa shape index (κ1) is 15.4. The summed E-state index contributed by atoms with van der Waals surface area (Å²) in [4.78, 5) is 17.9. The normalized spacial score (nSPS) is 10.2. The number of rotatable bonds is 5. The first-order valence-electron chi connectivity index (χ1n) is 6.80. The van der Waals surface area contributed by atoms with Crippen molar-refractivity contribution >= 4 is 29.2 Å². The molecule has 1 heterocycles. The Kier molecular flexibility index (Phi) is 5.22. The maximum absolute atomic E-state index is 12.4. The van der Waals surface area contributed by atoms with Crippen LogP contribution in [0.1, 0.15) is 23.0 Å². The van der Waals surface area contributed by atoms with Gasteiger partial charge in [0.05, 0.1) is 0 Å². The molecule has 0 unspecified atom stereocenters. The third-order valence-corrected chi connectivity index (χ3v) is 3.81. The van der Waals surface area contributed by atoms with Gasteiger partial charge in [0, 0.05) is 28.9 Å². The van der Waals surface area contributed by atoms with Gasteiger partial charge in [-0.1, -0.05) is 13.0 Å². The summed E-state index contributed by atoms with van der Waals surface area (Å²) in [6.45, 7) is 2.02. The van der Waals surface area contributed by atoms with Gasteiger partial charge in [-0.05, 0) is 43.0 Å². The number of aromatic nitrogens is 1. The van der Waals surface area contributed by atoms with E-state index >= 15 is 0 Å². The minimum Gasteiger partial charge on any atom is -0.373 e. The maximum Gasteiger partial charge on any atom is 0.255 e. The largest absolute Gasteiger partial charge is 0.373 e. The molecule has 1 amide bonds. The van der Waals surface area contributed by atoms with E-state index in [1.54, 1.807) is 24.9 Å². The van der Waals surface area contributed by atoms with Crippen molar-refractivity contribution in [3.63, 3.8) is 0 Å². The number of carbonyl (C=O) groups is 1. The lowest BCUT2D eigenvalue weighted by Gasteiger charge is -2.09. The smallest absolute Gasteiger partial charge is 0.255 e. The highest BCUT2D eigenvalue weighted by Gasteiger charge is 2.09. The third kappa shape index (κ3) is 3.98. The molecule has 0 bridgehead atoms. The van der Waals surface area contributed by atoms with Crippen molar-refractivity contribution in [3.8, 4) is 0 Å². The first-order chi connectivity index (χ1) is 10.2. The second kappa shape index (κ2) is 7.13. The molecule has 0 saturated carbocycles. The average Bonchev–Trinajstić information content (AvgIpc) is 2.54. The van der Waals surface area contributed by atoms with Gasteiger partial charge in [0.25, 0.3) is 5.91 Å².